The minimum atomic E-state index is -0.755. The van der Waals surface area contributed by atoms with Crippen LogP contribution in [-0.2, 0) is 6.42 Å². The summed E-state index contributed by atoms with van der Waals surface area (Å²) in [5.74, 6) is -0.584. The summed E-state index contributed by atoms with van der Waals surface area (Å²) in [6.45, 7) is 1.69. The van der Waals surface area contributed by atoms with Gasteiger partial charge in [-0.2, -0.15) is 0 Å². The van der Waals surface area contributed by atoms with Crippen molar-refractivity contribution in [2.45, 2.75) is 13.3 Å². The molecule has 3 aromatic rings. The molecule has 9 nitrogen and oxygen atoms in total. The van der Waals surface area contributed by atoms with Gasteiger partial charge in [-0.15, -0.1) is 0 Å². The molecule has 0 aliphatic heterocycles. The highest BCUT2D eigenvalue weighted by Gasteiger charge is 2.24. The van der Waals surface area contributed by atoms with Crippen LogP contribution < -0.4 is 5.32 Å². The zero-order valence-corrected chi connectivity index (χ0v) is 14.4. The number of hydrogen-bond acceptors (Lipinski definition) is 5. The van der Waals surface area contributed by atoms with Gasteiger partial charge in [-0.1, -0.05) is 18.2 Å². The number of carbonyl (C=O) groups excluding carboxylic acids is 1. The van der Waals surface area contributed by atoms with Crippen LogP contribution in [0.15, 0.2) is 42.6 Å². The number of nitro benzene ring substituents is 2. The number of fused-ring (bicyclic) bond motifs is 1. The van der Waals surface area contributed by atoms with Crippen LogP contribution in [0.25, 0.3) is 10.9 Å². The van der Waals surface area contributed by atoms with Crippen molar-refractivity contribution in [1.82, 2.24) is 10.3 Å². The van der Waals surface area contributed by atoms with Crippen molar-refractivity contribution in [3.63, 3.8) is 0 Å². The van der Waals surface area contributed by atoms with Gasteiger partial charge in [0.15, 0.2) is 0 Å². The number of nitrogens with zero attached hydrogens (tertiary/aromatic N) is 2. The van der Waals surface area contributed by atoms with E-state index in [0.29, 0.717) is 6.42 Å². The van der Waals surface area contributed by atoms with E-state index in [-0.39, 0.29) is 17.7 Å². The minimum absolute atomic E-state index is 0.0742. The van der Waals surface area contributed by atoms with Crippen LogP contribution in [0.1, 0.15) is 21.5 Å². The molecule has 138 valence electrons. The molecule has 0 atom stereocenters. The Bertz CT molecular complexity index is 1060. The maximum Gasteiger partial charge on any atom is 0.279 e. The molecular weight excluding hydrogens is 352 g/mol. The third-order valence-electron chi connectivity index (χ3n) is 4.37. The lowest BCUT2D eigenvalue weighted by molar-refractivity contribution is -0.394. The number of H-pyrrole nitrogens is 1. The molecule has 0 unspecified atom stereocenters. The number of amides is 1. The second kappa shape index (κ2) is 7.24. The highest BCUT2D eigenvalue weighted by molar-refractivity contribution is 5.97. The van der Waals surface area contributed by atoms with Gasteiger partial charge in [0, 0.05) is 35.3 Å². The van der Waals surface area contributed by atoms with Crippen molar-refractivity contribution in [3.8, 4) is 0 Å². The average Bonchev–Trinajstić information content (AvgIpc) is 3.04. The summed E-state index contributed by atoms with van der Waals surface area (Å²) in [6.07, 6.45) is 2.41. The van der Waals surface area contributed by atoms with Crippen LogP contribution in [0.4, 0.5) is 11.4 Å². The number of hydrogen-bond donors (Lipinski definition) is 2. The fraction of sp³-hybridized carbons (Fsp3) is 0.167. The number of para-hydroxylation sites is 1. The lowest BCUT2D eigenvalue weighted by atomic mass is 10.0. The Labute approximate surface area is 153 Å². The SMILES string of the molecule is Cc1c(C(=O)NCCc2c[nH]c3ccccc23)cc([N+](=O)[O-])cc1[N+](=O)[O-]. The first kappa shape index (κ1) is 18.1. The average molecular weight is 368 g/mol. The number of nitrogens with one attached hydrogen (secondary N) is 2. The Balaban J connectivity index is 1.77. The summed E-state index contributed by atoms with van der Waals surface area (Å²) in [5.41, 5.74) is 1.08. The Hall–Kier alpha value is -3.75. The number of nitro groups is 2. The van der Waals surface area contributed by atoms with Crippen LogP contribution >= 0.6 is 0 Å². The van der Waals surface area contributed by atoms with Gasteiger partial charge in [0.05, 0.1) is 21.5 Å². The number of aromatic nitrogens is 1. The molecule has 0 saturated heterocycles. The van der Waals surface area contributed by atoms with Gasteiger partial charge in [0.25, 0.3) is 17.3 Å². The zero-order valence-electron chi connectivity index (χ0n) is 14.4. The van der Waals surface area contributed by atoms with Crippen LogP contribution in [0.2, 0.25) is 0 Å². The first-order valence-electron chi connectivity index (χ1n) is 8.15. The molecule has 3 rings (SSSR count). The van der Waals surface area contributed by atoms with Gasteiger partial charge in [-0.3, -0.25) is 25.0 Å². The normalized spacial score (nSPS) is 10.7. The van der Waals surface area contributed by atoms with E-state index in [0.717, 1.165) is 28.6 Å². The topological polar surface area (TPSA) is 131 Å². The molecule has 2 aromatic carbocycles. The summed E-state index contributed by atoms with van der Waals surface area (Å²) < 4.78 is 0. The second-order valence-electron chi connectivity index (χ2n) is 6.02. The van der Waals surface area contributed by atoms with Gasteiger partial charge in [0.1, 0.15) is 0 Å². The van der Waals surface area contributed by atoms with E-state index >= 15 is 0 Å². The molecule has 0 spiro atoms. The van der Waals surface area contributed by atoms with Crippen LogP contribution in [0, 0.1) is 27.2 Å². The molecule has 0 bridgehead atoms. The third-order valence-corrected chi connectivity index (χ3v) is 4.37. The first-order chi connectivity index (χ1) is 12.9. The van der Waals surface area contributed by atoms with Crippen molar-refractivity contribution in [1.29, 1.82) is 0 Å². The second-order valence-corrected chi connectivity index (χ2v) is 6.02. The van der Waals surface area contributed by atoms with Crippen LogP contribution in [-0.4, -0.2) is 27.3 Å². The molecule has 1 amide bonds. The molecule has 0 radical (unpaired) electrons. The predicted molar refractivity (Wildman–Crippen MR) is 98.8 cm³/mol. The molecular formula is C18H16N4O5. The Morgan fingerprint density at radius 1 is 1.15 bits per heavy atom. The summed E-state index contributed by atoms with van der Waals surface area (Å²) in [4.78, 5) is 36.2. The molecule has 27 heavy (non-hydrogen) atoms. The summed E-state index contributed by atoms with van der Waals surface area (Å²) in [6, 6.07) is 9.67. The van der Waals surface area contributed by atoms with Gasteiger partial charge in [0.2, 0.25) is 0 Å². The standard InChI is InChI=1S/C18H16N4O5/c1-11-15(8-13(21(24)25)9-17(11)22(26)27)18(23)19-7-6-12-10-20-16-5-3-2-4-14(12)16/h2-5,8-10,20H,6-7H2,1H3,(H,19,23). The molecule has 0 fully saturated rings. The predicted octanol–water partition coefficient (Wildman–Crippen LogP) is 3.27. The maximum absolute atomic E-state index is 12.4. The fourth-order valence-electron chi connectivity index (χ4n) is 2.96. The molecule has 9 heteroatoms. The fourth-order valence-corrected chi connectivity index (χ4v) is 2.96. The number of benzene rings is 2. The lowest BCUT2D eigenvalue weighted by Gasteiger charge is -2.08. The summed E-state index contributed by atoms with van der Waals surface area (Å²) >= 11 is 0. The number of rotatable bonds is 6. The Morgan fingerprint density at radius 2 is 1.89 bits per heavy atom. The monoisotopic (exact) mass is 368 g/mol. The van der Waals surface area contributed by atoms with Crippen molar-refractivity contribution in [2.24, 2.45) is 0 Å². The molecule has 0 saturated carbocycles. The summed E-state index contributed by atoms with van der Waals surface area (Å²) in [7, 11) is 0. The van der Waals surface area contributed by atoms with Gasteiger partial charge in [-0.25, -0.2) is 0 Å². The molecule has 0 aliphatic carbocycles. The number of non-ortho nitro benzene ring substituents is 1. The van der Waals surface area contributed by atoms with E-state index in [1.807, 2.05) is 30.5 Å². The van der Waals surface area contributed by atoms with E-state index in [1.54, 1.807) is 0 Å². The zero-order chi connectivity index (χ0) is 19.6. The molecule has 2 N–H and O–H groups in total. The highest BCUT2D eigenvalue weighted by Crippen LogP contribution is 2.28. The van der Waals surface area contributed by atoms with Crippen LogP contribution in [0.5, 0.6) is 0 Å². The van der Waals surface area contributed by atoms with E-state index in [1.165, 1.54) is 6.92 Å². The summed E-state index contributed by atoms with van der Waals surface area (Å²) in [5, 5.41) is 25.8. The van der Waals surface area contributed by atoms with E-state index in [2.05, 4.69) is 10.3 Å². The number of aromatic amines is 1. The van der Waals surface area contributed by atoms with E-state index in [4.69, 9.17) is 0 Å². The van der Waals surface area contributed by atoms with Crippen molar-refractivity contribution < 1.29 is 14.6 Å². The maximum atomic E-state index is 12.4. The lowest BCUT2D eigenvalue weighted by Crippen LogP contribution is -2.26. The quantitative estimate of drug-likeness (QED) is 0.509. The minimum Gasteiger partial charge on any atom is -0.361 e. The van der Waals surface area contributed by atoms with Crippen LogP contribution in [0.3, 0.4) is 0 Å². The van der Waals surface area contributed by atoms with Crippen molar-refractivity contribution >= 4 is 28.2 Å². The Kier molecular flexibility index (Phi) is 4.84. The van der Waals surface area contributed by atoms with E-state index in [9.17, 15) is 25.0 Å². The largest absolute Gasteiger partial charge is 0.361 e. The van der Waals surface area contributed by atoms with Gasteiger partial charge < -0.3 is 10.3 Å². The smallest absolute Gasteiger partial charge is 0.279 e. The van der Waals surface area contributed by atoms with Gasteiger partial charge >= 0.3 is 0 Å². The van der Waals surface area contributed by atoms with Crippen molar-refractivity contribution in [2.75, 3.05) is 6.54 Å². The molecule has 1 heterocycles. The van der Waals surface area contributed by atoms with E-state index < -0.39 is 27.1 Å². The molecule has 0 aliphatic rings. The van der Waals surface area contributed by atoms with Crippen molar-refractivity contribution in [3.05, 3.63) is 79.5 Å². The highest BCUT2D eigenvalue weighted by atomic mass is 16.6. The number of carbonyl (C=O) groups is 1. The van der Waals surface area contributed by atoms with Gasteiger partial charge in [-0.05, 0) is 25.0 Å². The Morgan fingerprint density at radius 3 is 2.59 bits per heavy atom. The first-order valence-corrected chi connectivity index (χ1v) is 8.15. The molecule has 1 aromatic heterocycles. The third kappa shape index (κ3) is 3.61.